The summed E-state index contributed by atoms with van der Waals surface area (Å²) < 4.78 is 18.5. The summed E-state index contributed by atoms with van der Waals surface area (Å²) in [5, 5.41) is 10.6. The minimum absolute atomic E-state index is 0.166. The molecule has 0 aliphatic carbocycles. The van der Waals surface area contributed by atoms with Gasteiger partial charge in [-0.1, -0.05) is 145 Å². The van der Waals surface area contributed by atoms with Crippen LogP contribution in [0, 0.1) is 0 Å². The number of amides is 1. The lowest BCUT2D eigenvalue weighted by Crippen LogP contribution is -2.52. The fraction of sp³-hybridized carbons (Fsp3) is 0.639. The van der Waals surface area contributed by atoms with Gasteiger partial charge in [0.1, 0.15) is 12.7 Å². The van der Waals surface area contributed by atoms with Crippen molar-refractivity contribution in [1.82, 2.24) is 4.90 Å². The average molecular weight is 582 g/mol. The zero-order chi connectivity index (χ0) is 30.0. The summed E-state index contributed by atoms with van der Waals surface area (Å²) in [4.78, 5) is 15.1. The third-order valence-electron chi connectivity index (χ3n) is 8.17. The smallest absolute Gasteiger partial charge is 0.410 e. The van der Waals surface area contributed by atoms with Gasteiger partial charge in [-0.3, -0.25) is 4.90 Å². The number of rotatable bonds is 20. The first-order chi connectivity index (χ1) is 20.4. The van der Waals surface area contributed by atoms with E-state index in [1.807, 2.05) is 74.5 Å². The molecule has 2 aromatic rings. The molecular formula is C36H55NO5. The molecule has 234 valence electrons. The molecule has 1 saturated heterocycles. The van der Waals surface area contributed by atoms with Crippen LogP contribution in [0.4, 0.5) is 4.79 Å². The predicted octanol–water partition coefficient (Wildman–Crippen LogP) is 8.80. The number of ether oxygens (including phenoxy) is 3. The summed E-state index contributed by atoms with van der Waals surface area (Å²) in [6.45, 7) is 6.32. The molecule has 0 spiro atoms. The van der Waals surface area contributed by atoms with Gasteiger partial charge in [0, 0.05) is 6.54 Å². The van der Waals surface area contributed by atoms with Gasteiger partial charge in [-0.2, -0.15) is 0 Å². The van der Waals surface area contributed by atoms with Crippen LogP contribution in [-0.2, 0) is 27.4 Å². The van der Waals surface area contributed by atoms with Crippen molar-refractivity contribution in [3.63, 3.8) is 0 Å². The summed E-state index contributed by atoms with van der Waals surface area (Å²) in [6, 6.07) is 18.9. The van der Waals surface area contributed by atoms with E-state index in [2.05, 4.69) is 6.92 Å². The molecule has 1 fully saturated rings. The van der Waals surface area contributed by atoms with Crippen molar-refractivity contribution >= 4 is 6.09 Å². The van der Waals surface area contributed by atoms with Crippen LogP contribution in [-0.4, -0.2) is 46.7 Å². The molecule has 0 saturated carbocycles. The van der Waals surface area contributed by atoms with Crippen LogP contribution in [0.15, 0.2) is 60.7 Å². The first-order valence-electron chi connectivity index (χ1n) is 16.4. The van der Waals surface area contributed by atoms with Gasteiger partial charge >= 0.3 is 6.09 Å². The normalized spacial score (nSPS) is 18.6. The Kier molecular flexibility index (Phi) is 15.4. The van der Waals surface area contributed by atoms with Crippen LogP contribution >= 0.6 is 0 Å². The highest BCUT2D eigenvalue weighted by atomic mass is 16.8. The lowest BCUT2D eigenvalue weighted by molar-refractivity contribution is -0.153. The summed E-state index contributed by atoms with van der Waals surface area (Å²) in [5.74, 6) is -0.785. The summed E-state index contributed by atoms with van der Waals surface area (Å²) in [6.07, 6.45) is 15.3. The monoisotopic (exact) mass is 581 g/mol. The third kappa shape index (κ3) is 12.1. The van der Waals surface area contributed by atoms with Gasteiger partial charge in [0.2, 0.25) is 0 Å². The van der Waals surface area contributed by atoms with E-state index in [9.17, 15) is 9.90 Å². The molecule has 0 aromatic heterocycles. The number of unbranched alkanes of at least 4 members (excludes halogenated alkanes) is 11. The van der Waals surface area contributed by atoms with Crippen molar-refractivity contribution in [1.29, 1.82) is 0 Å². The van der Waals surface area contributed by atoms with Gasteiger partial charge in [-0.25, -0.2) is 4.79 Å². The van der Waals surface area contributed by atoms with Crippen molar-refractivity contribution in [2.24, 2.45) is 0 Å². The van der Waals surface area contributed by atoms with Gasteiger partial charge in [0.05, 0.1) is 18.8 Å². The van der Waals surface area contributed by atoms with Crippen LogP contribution in [0.3, 0.4) is 0 Å². The van der Waals surface area contributed by atoms with Crippen LogP contribution in [0.2, 0.25) is 0 Å². The van der Waals surface area contributed by atoms with Gasteiger partial charge in [-0.05, 0) is 31.4 Å². The Labute approximate surface area is 254 Å². The topological polar surface area (TPSA) is 68.2 Å². The standard InChI is InChI=1S/C36H55NO5/c1-4-5-6-7-8-9-10-11-12-13-14-21-26-33-34(42-36(2,3)41-33)32(28-38)37(27-30-22-17-15-18-23-30)35(39)40-29-31-24-19-16-20-25-31/h15-20,22-25,32-34,38H,4-14,21,26-29H2,1-3H3/t32-,33-,34-/m0/s1. The molecular weight excluding hydrogens is 526 g/mol. The maximum absolute atomic E-state index is 13.5. The molecule has 6 heteroatoms. The minimum Gasteiger partial charge on any atom is -0.445 e. The number of nitrogens with zero attached hydrogens (tertiary/aromatic N) is 1. The summed E-state index contributed by atoms with van der Waals surface area (Å²) in [5.41, 5.74) is 1.88. The molecule has 1 heterocycles. The van der Waals surface area contributed by atoms with Crippen LogP contribution in [0.1, 0.15) is 115 Å². The van der Waals surface area contributed by atoms with E-state index >= 15 is 0 Å². The number of hydrogen-bond donors (Lipinski definition) is 1. The number of aliphatic hydroxyl groups excluding tert-OH is 1. The Morgan fingerprint density at radius 3 is 1.88 bits per heavy atom. The van der Waals surface area contributed by atoms with Crippen molar-refractivity contribution < 1.29 is 24.1 Å². The molecule has 1 N–H and O–H groups in total. The van der Waals surface area contributed by atoms with E-state index in [1.165, 1.54) is 64.2 Å². The van der Waals surface area contributed by atoms with Gasteiger partial charge < -0.3 is 19.3 Å². The molecule has 1 aliphatic rings. The van der Waals surface area contributed by atoms with Crippen molar-refractivity contribution in [2.75, 3.05) is 6.61 Å². The lowest BCUT2D eigenvalue weighted by Gasteiger charge is -2.35. The van der Waals surface area contributed by atoms with Gasteiger partial charge in [0.25, 0.3) is 0 Å². The average Bonchev–Trinajstić information content (AvgIpc) is 3.31. The second-order valence-corrected chi connectivity index (χ2v) is 12.2. The van der Waals surface area contributed by atoms with Crippen LogP contribution < -0.4 is 0 Å². The largest absolute Gasteiger partial charge is 0.445 e. The third-order valence-corrected chi connectivity index (χ3v) is 8.17. The second-order valence-electron chi connectivity index (χ2n) is 12.2. The Bertz CT molecular complexity index is 983. The van der Waals surface area contributed by atoms with E-state index in [4.69, 9.17) is 14.2 Å². The Balaban J connectivity index is 1.55. The Morgan fingerprint density at radius 2 is 1.33 bits per heavy atom. The number of carbonyl (C=O) groups is 1. The highest BCUT2D eigenvalue weighted by Crippen LogP contribution is 2.35. The minimum atomic E-state index is -0.785. The van der Waals surface area contributed by atoms with E-state index < -0.39 is 24.0 Å². The molecule has 1 amide bonds. The van der Waals surface area contributed by atoms with Crippen LogP contribution in [0.5, 0.6) is 0 Å². The lowest BCUT2D eigenvalue weighted by atomic mass is 9.98. The first kappa shape index (κ1) is 34.1. The molecule has 1 aliphatic heterocycles. The maximum Gasteiger partial charge on any atom is 0.410 e. The number of hydrogen-bond acceptors (Lipinski definition) is 5. The molecule has 3 rings (SSSR count). The fourth-order valence-electron chi connectivity index (χ4n) is 5.88. The fourth-order valence-corrected chi connectivity index (χ4v) is 5.88. The Morgan fingerprint density at radius 1 is 0.810 bits per heavy atom. The van der Waals surface area contributed by atoms with Crippen molar-refractivity contribution in [2.45, 2.75) is 141 Å². The van der Waals surface area contributed by atoms with E-state index in [0.717, 1.165) is 30.4 Å². The van der Waals surface area contributed by atoms with Crippen molar-refractivity contribution in [3.05, 3.63) is 71.8 Å². The molecule has 0 bridgehead atoms. The number of benzene rings is 2. The van der Waals surface area contributed by atoms with E-state index in [-0.39, 0.29) is 19.3 Å². The first-order valence-corrected chi connectivity index (χ1v) is 16.4. The van der Waals surface area contributed by atoms with Crippen molar-refractivity contribution in [3.8, 4) is 0 Å². The molecule has 0 radical (unpaired) electrons. The van der Waals surface area contributed by atoms with E-state index in [0.29, 0.717) is 6.54 Å². The quantitative estimate of drug-likeness (QED) is 0.158. The summed E-state index contributed by atoms with van der Waals surface area (Å²) in [7, 11) is 0. The number of carbonyl (C=O) groups excluding carboxylic acids is 1. The maximum atomic E-state index is 13.5. The number of aliphatic hydroxyl groups is 1. The molecule has 3 atom stereocenters. The zero-order valence-corrected chi connectivity index (χ0v) is 26.3. The SMILES string of the molecule is CCCCCCCCCCCCCC[C@@H]1OC(C)(C)O[C@H]1[C@H](CO)N(Cc1ccccc1)C(=O)OCc1ccccc1. The highest BCUT2D eigenvalue weighted by molar-refractivity contribution is 5.68. The molecule has 0 unspecified atom stereocenters. The Hall–Kier alpha value is -2.41. The molecule has 6 nitrogen and oxygen atoms in total. The summed E-state index contributed by atoms with van der Waals surface area (Å²) >= 11 is 0. The van der Waals surface area contributed by atoms with Gasteiger partial charge in [0.15, 0.2) is 5.79 Å². The molecule has 42 heavy (non-hydrogen) atoms. The second kappa shape index (κ2) is 19.0. The predicted molar refractivity (Wildman–Crippen MR) is 169 cm³/mol. The van der Waals surface area contributed by atoms with Gasteiger partial charge in [-0.15, -0.1) is 0 Å². The molecule has 2 aromatic carbocycles. The van der Waals surface area contributed by atoms with E-state index in [1.54, 1.807) is 4.90 Å². The van der Waals surface area contributed by atoms with Crippen LogP contribution in [0.25, 0.3) is 0 Å². The zero-order valence-electron chi connectivity index (χ0n) is 26.3. The highest BCUT2D eigenvalue weighted by Gasteiger charge is 2.47.